The Morgan fingerprint density at radius 3 is 2.23 bits per heavy atom. The van der Waals surface area contributed by atoms with Gasteiger partial charge in [0.15, 0.2) is 0 Å². The number of carbonyl (C=O) groups is 1. The van der Waals surface area contributed by atoms with Crippen LogP contribution < -0.4 is 9.47 Å². The summed E-state index contributed by atoms with van der Waals surface area (Å²) < 4.78 is 11.7. The van der Waals surface area contributed by atoms with E-state index in [-0.39, 0.29) is 15.8 Å². The fourth-order valence-electron chi connectivity index (χ4n) is 4.66. The summed E-state index contributed by atoms with van der Waals surface area (Å²) in [6, 6.07) is 4.32. The van der Waals surface area contributed by atoms with E-state index < -0.39 is 0 Å². The SMILES string of the molecule is C=C(CCCCC)[C@@H]1CCC(=O)C(I)[C@H]1c1c(OC)cc(CCCCC)cc1OC. The first-order valence-electron chi connectivity index (χ1n) is 11.6. The average molecular weight is 526 g/mol. The lowest BCUT2D eigenvalue weighted by atomic mass is 9.70. The molecule has 1 aliphatic carbocycles. The van der Waals surface area contributed by atoms with Gasteiger partial charge in [0.05, 0.1) is 18.1 Å². The van der Waals surface area contributed by atoms with Crippen molar-refractivity contribution < 1.29 is 14.3 Å². The van der Waals surface area contributed by atoms with E-state index in [0.717, 1.165) is 42.7 Å². The van der Waals surface area contributed by atoms with Gasteiger partial charge in [-0.3, -0.25) is 4.79 Å². The molecule has 1 aromatic rings. The number of alkyl halides is 1. The molecule has 30 heavy (non-hydrogen) atoms. The predicted octanol–water partition coefficient (Wildman–Crippen LogP) is 7.44. The molecule has 0 bridgehead atoms. The summed E-state index contributed by atoms with van der Waals surface area (Å²) in [5.74, 6) is 2.38. The van der Waals surface area contributed by atoms with Crippen molar-refractivity contribution in [2.45, 2.75) is 87.9 Å². The van der Waals surface area contributed by atoms with Gasteiger partial charge in [-0.2, -0.15) is 0 Å². The van der Waals surface area contributed by atoms with Gasteiger partial charge in [-0.05, 0) is 55.7 Å². The molecule has 3 nitrogen and oxygen atoms in total. The predicted molar refractivity (Wildman–Crippen MR) is 134 cm³/mol. The number of benzene rings is 1. The van der Waals surface area contributed by atoms with Gasteiger partial charge in [-0.25, -0.2) is 0 Å². The molecule has 4 heteroatoms. The minimum absolute atomic E-state index is 0.0515. The molecule has 0 saturated heterocycles. The van der Waals surface area contributed by atoms with Crippen LogP contribution in [0.15, 0.2) is 24.3 Å². The van der Waals surface area contributed by atoms with Gasteiger partial charge < -0.3 is 9.47 Å². The third-order valence-corrected chi connectivity index (χ3v) is 7.86. The molecule has 1 unspecified atom stereocenters. The minimum atomic E-state index is -0.0852. The highest BCUT2D eigenvalue weighted by Gasteiger charge is 2.42. The quantitative estimate of drug-likeness (QED) is 0.123. The molecule has 1 saturated carbocycles. The van der Waals surface area contributed by atoms with Crippen LogP contribution in [0.1, 0.15) is 88.7 Å². The van der Waals surface area contributed by atoms with Crippen LogP contribution in [0.3, 0.4) is 0 Å². The van der Waals surface area contributed by atoms with Gasteiger partial charge >= 0.3 is 0 Å². The third-order valence-electron chi connectivity index (χ3n) is 6.39. The highest BCUT2D eigenvalue weighted by Crippen LogP contribution is 2.50. The van der Waals surface area contributed by atoms with Crippen molar-refractivity contribution >= 4 is 28.4 Å². The maximum atomic E-state index is 12.7. The number of ketones is 1. The summed E-state index contributed by atoms with van der Waals surface area (Å²) in [7, 11) is 3.46. The van der Waals surface area contributed by atoms with Crippen molar-refractivity contribution in [3.05, 3.63) is 35.4 Å². The zero-order valence-electron chi connectivity index (χ0n) is 19.3. The topological polar surface area (TPSA) is 35.5 Å². The van der Waals surface area contributed by atoms with E-state index >= 15 is 0 Å². The van der Waals surface area contributed by atoms with Crippen LogP contribution in [0.2, 0.25) is 0 Å². The smallest absolute Gasteiger partial charge is 0.146 e. The molecule has 0 amide bonds. The molecule has 0 N–H and O–H groups in total. The minimum Gasteiger partial charge on any atom is -0.496 e. The van der Waals surface area contributed by atoms with Crippen LogP contribution in [0.25, 0.3) is 0 Å². The molecule has 1 fully saturated rings. The first-order valence-corrected chi connectivity index (χ1v) is 12.8. The Morgan fingerprint density at radius 1 is 1.07 bits per heavy atom. The first-order chi connectivity index (χ1) is 14.5. The van der Waals surface area contributed by atoms with Crippen LogP contribution in [-0.4, -0.2) is 23.9 Å². The van der Waals surface area contributed by atoms with E-state index in [4.69, 9.17) is 9.47 Å². The van der Waals surface area contributed by atoms with E-state index in [0.29, 0.717) is 12.2 Å². The largest absolute Gasteiger partial charge is 0.496 e. The average Bonchev–Trinajstić information content (AvgIpc) is 2.75. The highest BCUT2D eigenvalue weighted by molar-refractivity contribution is 14.1. The number of allylic oxidation sites excluding steroid dienone is 1. The standard InChI is InChI=1S/C26H39IO3/c1-6-8-10-12-18(3)20-14-15-21(28)26(27)24(20)25-22(29-4)16-19(13-11-9-7-2)17-23(25)30-5/h16-17,20,24,26H,3,6-15H2,1-2,4-5H3/t20-,24+,26?/m0/s1. The highest BCUT2D eigenvalue weighted by atomic mass is 127. The Kier molecular flexibility index (Phi) is 10.7. The van der Waals surface area contributed by atoms with Crippen molar-refractivity contribution in [1.29, 1.82) is 0 Å². The fraction of sp³-hybridized carbons (Fsp3) is 0.654. The summed E-state index contributed by atoms with van der Waals surface area (Å²) in [5, 5.41) is 0. The molecule has 0 spiro atoms. The number of carbonyl (C=O) groups excluding carboxylic acids is 1. The molecular formula is C26H39IO3. The van der Waals surface area contributed by atoms with Crippen molar-refractivity contribution in [3.63, 3.8) is 0 Å². The van der Waals surface area contributed by atoms with E-state index in [2.05, 4.69) is 55.2 Å². The van der Waals surface area contributed by atoms with Crippen LogP contribution in [0, 0.1) is 5.92 Å². The molecule has 0 aliphatic heterocycles. The molecule has 0 heterocycles. The third kappa shape index (κ3) is 6.24. The molecule has 3 atom stereocenters. The maximum absolute atomic E-state index is 12.7. The van der Waals surface area contributed by atoms with Gasteiger partial charge in [-0.15, -0.1) is 0 Å². The van der Waals surface area contributed by atoms with Gasteiger partial charge in [0, 0.05) is 17.9 Å². The van der Waals surface area contributed by atoms with E-state index in [1.165, 1.54) is 43.2 Å². The number of rotatable bonds is 12. The lowest BCUT2D eigenvalue weighted by Gasteiger charge is -2.37. The number of hydrogen-bond acceptors (Lipinski definition) is 3. The van der Waals surface area contributed by atoms with Crippen LogP contribution in [0.5, 0.6) is 11.5 Å². The van der Waals surface area contributed by atoms with E-state index in [1.807, 2.05) is 0 Å². The summed E-state index contributed by atoms with van der Waals surface area (Å²) in [6.45, 7) is 8.91. The van der Waals surface area contributed by atoms with Gasteiger partial charge in [0.2, 0.25) is 0 Å². The van der Waals surface area contributed by atoms with Crippen molar-refractivity contribution in [2.75, 3.05) is 14.2 Å². The first kappa shape index (κ1) is 25.2. The Balaban J connectivity index is 2.43. The summed E-state index contributed by atoms with van der Waals surface area (Å²) in [5.41, 5.74) is 3.57. The second kappa shape index (κ2) is 12.7. The molecule has 1 aromatic carbocycles. The summed E-state index contributed by atoms with van der Waals surface area (Å²) in [6.07, 6.45) is 10.8. The van der Waals surface area contributed by atoms with Crippen LogP contribution in [0.4, 0.5) is 0 Å². The number of Topliss-reactive ketones (excluding diaryl/α,β-unsaturated/α-hetero) is 1. The zero-order chi connectivity index (χ0) is 22.1. The number of hydrogen-bond donors (Lipinski definition) is 0. The second-order valence-corrected chi connectivity index (χ2v) is 9.87. The number of methoxy groups -OCH3 is 2. The zero-order valence-corrected chi connectivity index (χ0v) is 21.4. The van der Waals surface area contributed by atoms with Crippen LogP contribution in [-0.2, 0) is 11.2 Å². The number of unbranched alkanes of at least 4 members (excludes halogenated alkanes) is 4. The Labute approximate surface area is 197 Å². The summed E-state index contributed by atoms with van der Waals surface area (Å²) >= 11 is 2.34. The van der Waals surface area contributed by atoms with Crippen molar-refractivity contribution in [1.82, 2.24) is 0 Å². The van der Waals surface area contributed by atoms with Gasteiger partial charge in [0.1, 0.15) is 17.3 Å². The molecule has 168 valence electrons. The number of ether oxygens (including phenoxy) is 2. The second-order valence-electron chi connectivity index (χ2n) is 8.53. The Bertz CT molecular complexity index is 687. The van der Waals surface area contributed by atoms with Crippen molar-refractivity contribution in [3.8, 4) is 11.5 Å². The molecular weight excluding hydrogens is 487 g/mol. The number of aryl methyl sites for hydroxylation is 1. The van der Waals surface area contributed by atoms with Crippen molar-refractivity contribution in [2.24, 2.45) is 5.92 Å². The van der Waals surface area contributed by atoms with Gasteiger partial charge in [-0.1, -0.05) is 74.3 Å². The molecule has 0 radical (unpaired) electrons. The molecule has 2 rings (SSSR count). The fourth-order valence-corrected chi connectivity index (χ4v) is 5.83. The lowest BCUT2D eigenvalue weighted by Crippen LogP contribution is -2.35. The van der Waals surface area contributed by atoms with E-state index in [9.17, 15) is 4.79 Å². The normalized spacial score (nSPS) is 21.5. The maximum Gasteiger partial charge on any atom is 0.146 e. The Hall–Kier alpha value is -1.04. The van der Waals surface area contributed by atoms with Crippen LogP contribution >= 0.6 is 22.6 Å². The lowest BCUT2D eigenvalue weighted by molar-refractivity contribution is -0.120. The van der Waals surface area contributed by atoms with E-state index in [1.54, 1.807) is 14.2 Å². The Morgan fingerprint density at radius 2 is 1.67 bits per heavy atom. The number of halogens is 1. The molecule has 1 aliphatic rings. The molecule has 0 aromatic heterocycles. The van der Waals surface area contributed by atoms with Gasteiger partial charge in [0.25, 0.3) is 0 Å². The summed E-state index contributed by atoms with van der Waals surface area (Å²) in [4.78, 5) is 12.7. The monoisotopic (exact) mass is 526 g/mol.